The van der Waals surface area contributed by atoms with Crippen molar-refractivity contribution in [1.82, 2.24) is 0 Å². The van der Waals surface area contributed by atoms with Gasteiger partial charge in [0.25, 0.3) is 0 Å². The van der Waals surface area contributed by atoms with E-state index in [1.165, 1.54) is 0 Å². The van der Waals surface area contributed by atoms with Gasteiger partial charge in [0.2, 0.25) is 6.20 Å². The lowest BCUT2D eigenvalue weighted by molar-refractivity contribution is -0.403. The van der Waals surface area contributed by atoms with E-state index in [0.717, 1.165) is 11.8 Å². The van der Waals surface area contributed by atoms with Crippen molar-refractivity contribution in [2.45, 2.75) is 20.8 Å². The Morgan fingerprint density at radius 1 is 1.67 bits per heavy atom. The zero-order chi connectivity index (χ0) is 7.44. The quantitative estimate of drug-likeness (QED) is 0.421. The van der Waals surface area contributed by atoms with Gasteiger partial charge in [-0.1, -0.05) is 13.8 Å². The normalized spacial score (nSPS) is 12.2. The summed E-state index contributed by atoms with van der Waals surface area (Å²) >= 11 is 0. The molecule has 0 radical (unpaired) electrons. The smallest absolute Gasteiger partial charge is 0.233 e. The van der Waals surface area contributed by atoms with Gasteiger partial charge in [0.1, 0.15) is 0 Å². The summed E-state index contributed by atoms with van der Waals surface area (Å²) in [7, 11) is 0. The molecular formula is C6H11NO2. The lowest BCUT2D eigenvalue weighted by Gasteiger charge is -1.98. The first-order valence-electron chi connectivity index (χ1n) is 2.86. The molecular weight excluding hydrogens is 118 g/mol. The highest BCUT2D eigenvalue weighted by Gasteiger charge is 1.99. The molecule has 0 aromatic heterocycles. The van der Waals surface area contributed by atoms with Crippen molar-refractivity contribution in [3.63, 3.8) is 0 Å². The summed E-state index contributed by atoms with van der Waals surface area (Å²) < 4.78 is 0. The van der Waals surface area contributed by atoms with E-state index in [9.17, 15) is 10.1 Å². The number of allylic oxidation sites excluding steroid dienone is 1. The minimum atomic E-state index is -0.421. The van der Waals surface area contributed by atoms with Crippen LogP contribution in [0.5, 0.6) is 0 Å². The summed E-state index contributed by atoms with van der Waals surface area (Å²) in [5.74, 6) is 0.274. The Morgan fingerprint density at radius 2 is 2.11 bits per heavy atom. The maximum Gasteiger partial charge on any atom is 0.233 e. The van der Waals surface area contributed by atoms with Crippen LogP contribution in [0, 0.1) is 16.0 Å². The molecule has 0 atom stereocenters. The fraction of sp³-hybridized carbons (Fsp3) is 0.667. The molecule has 3 nitrogen and oxygen atoms in total. The van der Waals surface area contributed by atoms with Crippen molar-refractivity contribution >= 4 is 0 Å². The Kier molecular flexibility index (Phi) is 2.91. The summed E-state index contributed by atoms with van der Waals surface area (Å²) in [6, 6.07) is 0. The van der Waals surface area contributed by atoms with Crippen LogP contribution in [0.25, 0.3) is 0 Å². The maximum absolute atomic E-state index is 9.84. The van der Waals surface area contributed by atoms with Gasteiger partial charge in [-0.15, -0.1) is 0 Å². The summed E-state index contributed by atoms with van der Waals surface area (Å²) in [5, 5.41) is 9.84. The van der Waals surface area contributed by atoms with Gasteiger partial charge in [-0.3, -0.25) is 10.1 Å². The summed E-state index contributed by atoms with van der Waals surface area (Å²) in [4.78, 5) is 9.42. The Labute approximate surface area is 54.5 Å². The second kappa shape index (κ2) is 3.22. The van der Waals surface area contributed by atoms with Gasteiger partial charge in [-0.05, 0) is 18.4 Å². The molecule has 0 saturated carbocycles. The highest BCUT2D eigenvalue weighted by atomic mass is 16.6. The Hall–Kier alpha value is -0.860. The predicted octanol–water partition coefficient (Wildman–Crippen LogP) is 1.82. The zero-order valence-corrected chi connectivity index (χ0v) is 5.92. The van der Waals surface area contributed by atoms with Crippen molar-refractivity contribution < 1.29 is 4.92 Å². The molecule has 0 aliphatic rings. The summed E-state index contributed by atoms with van der Waals surface area (Å²) in [6.07, 6.45) is 1.05. The van der Waals surface area contributed by atoms with E-state index in [2.05, 4.69) is 0 Å². The third-order valence-corrected chi connectivity index (χ3v) is 1.22. The van der Waals surface area contributed by atoms with Gasteiger partial charge in [0.05, 0.1) is 4.92 Å². The Morgan fingerprint density at radius 3 is 2.22 bits per heavy atom. The minimum absolute atomic E-state index is 0.274. The third-order valence-electron chi connectivity index (χ3n) is 1.22. The number of hydrogen-bond acceptors (Lipinski definition) is 2. The fourth-order valence-electron chi connectivity index (χ4n) is 0.315. The maximum atomic E-state index is 9.84. The molecule has 0 aliphatic heterocycles. The van der Waals surface area contributed by atoms with Crippen molar-refractivity contribution in [2.75, 3.05) is 0 Å². The zero-order valence-electron chi connectivity index (χ0n) is 5.92. The molecule has 0 N–H and O–H groups in total. The molecule has 0 bridgehead atoms. The average molecular weight is 129 g/mol. The van der Waals surface area contributed by atoms with E-state index >= 15 is 0 Å². The van der Waals surface area contributed by atoms with Gasteiger partial charge in [0, 0.05) is 0 Å². The number of nitrogens with zero attached hydrogens (tertiary/aromatic N) is 1. The summed E-state index contributed by atoms with van der Waals surface area (Å²) in [5.41, 5.74) is 0.806. The lowest BCUT2D eigenvalue weighted by atomic mass is 10.1. The van der Waals surface area contributed by atoms with Crippen molar-refractivity contribution in [3.8, 4) is 0 Å². The van der Waals surface area contributed by atoms with Gasteiger partial charge in [-0.2, -0.15) is 0 Å². The Bertz CT molecular complexity index is 138. The van der Waals surface area contributed by atoms with E-state index in [1.807, 2.05) is 13.8 Å². The third kappa shape index (κ3) is 3.70. The monoisotopic (exact) mass is 129 g/mol. The number of hydrogen-bond donors (Lipinski definition) is 0. The first-order chi connectivity index (χ1) is 4.04. The van der Waals surface area contributed by atoms with Crippen LogP contribution < -0.4 is 0 Å². The van der Waals surface area contributed by atoms with Gasteiger partial charge >= 0.3 is 0 Å². The van der Waals surface area contributed by atoms with E-state index in [4.69, 9.17) is 0 Å². The van der Waals surface area contributed by atoms with Crippen molar-refractivity contribution in [1.29, 1.82) is 0 Å². The van der Waals surface area contributed by atoms with Gasteiger partial charge < -0.3 is 0 Å². The molecule has 0 saturated heterocycles. The molecule has 0 unspecified atom stereocenters. The van der Waals surface area contributed by atoms with E-state index in [-0.39, 0.29) is 5.92 Å². The molecule has 0 aliphatic carbocycles. The van der Waals surface area contributed by atoms with Crippen LogP contribution in [0.2, 0.25) is 0 Å². The number of nitro groups is 1. The van der Waals surface area contributed by atoms with Crippen LogP contribution in [0.4, 0.5) is 0 Å². The van der Waals surface area contributed by atoms with Crippen molar-refractivity contribution in [2.24, 2.45) is 5.92 Å². The van der Waals surface area contributed by atoms with Crippen LogP contribution in [0.1, 0.15) is 20.8 Å². The second-order valence-corrected chi connectivity index (χ2v) is 2.31. The largest absolute Gasteiger partial charge is 0.259 e. The molecule has 0 fully saturated rings. The first kappa shape index (κ1) is 8.14. The topological polar surface area (TPSA) is 43.1 Å². The summed E-state index contributed by atoms with van der Waals surface area (Å²) in [6.45, 7) is 5.61. The molecule has 0 spiro atoms. The van der Waals surface area contributed by atoms with E-state index in [1.54, 1.807) is 6.92 Å². The second-order valence-electron chi connectivity index (χ2n) is 2.31. The highest BCUT2D eigenvalue weighted by Crippen LogP contribution is 2.06. The van der Waals surface area contributed by atoms with Crippen molar-refractivity contribution in [3.05, 3.63) is 21.9 Å². The molecule has 0 amide bonds. The Balaban J connectivity index is 4.00. The molecule has 0 aromatic carbocycles. The predicted molar refractivity (Wildman–Crippen MR) is 35.6 cm³/mol. The lowest BCUT2D eigenvalue weighted by Crippen LogP contribution is -1.93. The molecule has 9 heavy (non-hydrogen) atoms. The molecule has 52 valence electrons. The van der Waals surface area contributed by atoms with Crippen LogP contribution in [-0.4, -0.2) is 4.92 Å². The van der Waals surface area contributed by atoms with Gasteiger partial charge in [-0.25, -0.2) is 0 Å². The SMILES string of the molecule is C/C(=C/[N+](=O)[O-])C(C)C. The minimum Gasteiger partial charge on any atom is -0.259 e. The fourth-order valence-corrected chi connectivity index (χ4v) is 0.315. The molecule has 3 heteroatoms. The van der Waals surface area contributed by atoms with Crippen LogP contribution >= 0.6 is 0 Å². The van der Waals surface area contributed by atoms with Gasteiger partial charge in [0.15, 0.2) is 0 Å². The van der Waals surface area contributed by atoms with E-state index < -0.39 is 4.92 Å². The molecule has 0 aromatic rings. The molecule has 0 rings (SSSR count). The van der Waals surface area contributed by atoms with Crippen LogP contribution in [0.3, 0.4) is 0 Å². The van der Waals surface area contributed by atoms with E-state index in [0.29, 0.717) is 0 Å². The average Bonchev–Trinajstić information content (AvgIpc) is 1.63. The van der Waals surface area contributed by atoms with Crippen LogP contribution in [-0.2, 0) is 0 Å². The molecule has 0 heterocycles. The standard InChI is InChI=1S/C6H11NO2/c1-5(2)6(3)4-7(8)9/h4-5H,1-3H3/b6-4-. The highest BCUT2D eigenvalue weighted by molar-refractivity contribution is 4.95. The first-order valence-corrected chi connectivity index (χ1v) is 2.86. The van der Waals surface area contributed by atoms with Crippen LogP contribution in [0.15, 0.2) is 11.8 Å². The number of rotatable bonds is 2.